The SMILES string of the molecule is CC(=O)c1ccc(C2CCC(C(C)(C)C)N2C(=O)O)cc1. The minimum Gasteiger partial charge on any atom is -0.465 e. The van der Waals surface area contributed by atoms with Crippen molar-refractivity contribution in [2.45, 2.75) is 52.6 Å². The van der Waals surface area contributed by atoms with Gasteiger partial charge >= 0.3 is 6.09 Å². The van der Waals surface area contributed by atoms with Crippen molar-refractivity contribution in [1.82, 2.24) is 4.90 Å². The zero-order valence-electron chi connectivity index (χ0n) is 13.1. The molecule has 2 atom stereocenters. The Labute approximate surface area is 125 Å². The van der Waals surface area contributed by atoms with Crippen LogP contribution in [0.15, 0.2) is 24.3 Å². The van der Waals surface area contributed by atoms with Crippen LogP contribution in [0.3, 0.4) is 0 Å². The van der Waals surface area contributed by atoms with E-state index >= 15 is 0 Å². The van der Waals surface area contributed by atoms with E-state index in [0.717, 1.165) is 18.4 Å². The largest absolute Gasteiger partial charge is 0.465 e. The van der Waals surface area contributed by atoms with E-state index in [9.17, 15) is 14.7 Å². The zero-order valence-corrected chi connectivity index (χ0v) is 13.1. The summed E-state index contributed by atoms with van der Waals surface area (Å²) in [7, 11) is 0. The Morgan fingerprint density at radius 3 is 2.14 bits per heavy atom. The fourth-order valence-corrected chi connectivity index (χ4v) is 3.20. The van der Waals surface area contributed by atoms with Crippen molar-refractivity contribution in [2.75, 3.05) is 0 Å². The van der Waals surface area contributed by atoms with E-state index < -0.39 is 6.09 Å². The summed E-state index contributed by atoms with van der Waals surface area (Å²) in [5.41, 5.74) is 1.55. The first-order chi connectivity index (χ1) is 9.71. The molecular formula is C17H23NO3. The molecule has 21 heavy (non-hydrogen) atoms. The van der Waals surface area contributed by atoms with Gasteiger partial charge in [0, 0.05) is 11.6 Å². The smallest absolute Gasteiger partial charge is 0.408 e. The lowest BCUT2D eigenvalue weighted by atomic mass is 9.85. The van der Waals surface area contributed by atoms with Crippen molar-refractivity contribution < 1.29 is 14.7 Å². The highest BCUT2D eigenvalue weighted by Crippen LogP contribution is 2.42. The molecule has 1 saturated heterocycles. The van der Waals surface area contributed by atoms with Crippen molar-refractivity contribution in [1.29, 1.82) is 0 Å². The Kier molecular flexibility index (Phi) is 4.08. The molecule has 1 aromatic carbocycles. The summed E-state index contributed by atoms with van der Waals surface area (Å²) < 4.78 is 0. The van der Waals surface area contributed by atoms with Crippen LogP contribution in [0.25, 0.3) is 0 Å². The topological polar surface area (TPSA) is 57.6 Å². The van der Waals surface area contributed by atoms with Gasteiger partial charge in [0.2, 0.25) is 0 Å². The van der Waals surface area contributed by atoms with Gasteiger partial charge in [-0.1, -0.05) is 45.0 Å². The van der Waals surface area contributed by atoms with Crippen LogP contribution in [0.2, 0.25) is 0 Å². The van der Waals surface area contributed by atoms with Gasteiger partial charge in [-0.25, -0.2) is 4.79 Å². The van der Waals surface area contributed by atoms with E-state index in [1.54, 1.807) is 17.0 Å². The molecule has 0 saturated carbocycles. The van der Waals surface area contributed by atoms with E-state index in [1.807, 2.05) is 12.1 Å². The number of benzene rings is 1. The van der Waals surface area contributed by atoms with Crippen molar-refractivity contribution in [3.05, 3.63) is 35.4 Å². The first-order valence-corrected chi connectivity index (χ1v) is 7.34. The van der Waals surface area contributed by atoms with Crippen molar-refractivity contribution in [3.63, 3.8) is 0 Å². The monoisotopic (exact) mass is 289 g/mol. The Balaban J connectivity index is 2.30. The summed E-state index contributed by atoms with van der Waals surface area (Å²) in [5.74, 6) is 0.0237. The standard InChI is InChI=1S/C17H23NO3/c1-11(19)12-5-7-13(8-6-12)14-9-10-15(17(2,3)4)18(14)16(20)21/h5-8,14-15H,9-10H2,1-4H3,(H,20,21). The molecule has 2 rings (SSSR count). The molecule has 1 aromatic rings. The molecule has 0 spiro atoms. The van der Waals surface area contributed by atoms with E-state index in [0.29, 0.717) is 5.56 Å². The molecule has 1 amide bonds. The molecule has 1 fully saturated rings. The molecule has 1 heterocycles. The van der Waals surface area contributed by atoms with Gasteiger partial charge in [0.15, 0.2) is 5.78 Å². The molecular weight excluding hydrogens is 266 g/mol. The van der Waals surface area contributed by atoms with Crippen LogP contribution >= 0.6 is 0 Å². The summed E-state index contributed by atoms with van der Waals surface area (Å²) in [6.07, 6.45) is 0.829. The van der Waals surface area contributed by atoms with Gasteiger partial charge in [-0.05, 0) is 30.7 Å². The lowest BCUT2D eigenvalue weighted by Crippen LogP contribution is -2.43. The number of amides is 1. The van der Waals surface area contributed by atoms with Gasteiger partial charge in [0.25, 0.3) is 0 Å². The number of carbonyl (C=O) groups is 2. The predicted molar refractivity (Wildman–Crippen MR) is 81.5 cm³/mol. The lowest BCUT2D eigenvalue weighted by molar-refractivity contribution is 0.0867. The second kappa shape index (κ2) is 5.51. The number of Topliss-reactive ketones (excluding diaryl/α,β-unsaturated/α-hetero) is 1. The molecule has 4 nitrogen and oxygen atoms in total. The second-order valence-electron chi connectivity index (χ2n) is 6.84. The molecule has 0 aliphatic carbocycles. The van der Waals surface area contributed by atoms with Gasteiger partial charge in [-0.2, -0.15) is 0 Å². The lowest BCUT2D eigenvalue weighted by Gasteiger charge is -2.36. The van der Waals surface area contributed by atoms with Gasteiger partial charge in [-0.15, -0.1) is 0 Å². The quantitative estimate of drug-likeness (QED) is 0.833. The third-order valence-electron chi connectivity index (χ3n) is 4.31. The van der Waals surface area contributed by atoms with Crippen LogP contribution < -0.4 is 0 Å². The number of hydrogen-bond acceptors (Lipinski definition) is 2. The van der Waals surface area contributed by atoms with Gasteiger partial charge in [-0.3, -0.25) is 9.69 Å². The third-order valence-corrected chi connectivity index (χ3v) is 4.31. The third kappa shape index (κ3) is 3.09. The fourth-order valence-electron chi connectivity index (χ4n) is 3.20. The molecule has 2 unspecified atom stereocenters. The Morgan fingerprint density at radius 1 is 1.14 bits per heavy atom. The van der Waals surface area contributed by atoms with E-state index in [4.69, 9.17) is 0 Å². The van der Waals surface area contributed by atoms with Crippen LogP contribution in [-0.2, 0) is 0 Å². The molecule has 1 aliphatic heterocycles. The molecule has 4 heteroatoms. The molecule has 0 radical (unpaired) electrons. The first kappa shape index (κ1) is 15.5. The van der Waals surface area contributed by atoms with Crippen LogP contribution in [0, 0.1) is 5.41 Å². The number of ketones is 1. The second-order valence-corrected chi connectivity index (χ2v) is 6.84. The zero-order chi connectivity index (χ0) is 15.8. The van der Waals surface area contributed by atoms with E-state index in [-0.39, 0.29) is 23.3 Å². The van der Waals surface area contributed by atoms with Gasteiger partial charge in [0.05, 0.1) is 6.04 Å². The molecule has 114 valence electrons. The Bertz CT molecular complexity index is 542. The summed E-state index contributed by atoms with van der Waals surface area (Å²) >= 11 is 0. The molecule has 1 aliphatic rings. The van der Waals surface area contributed by atoms with Gasteiger partial charge < -0.3 is 5.11 Å². The highest BCUT2D eigenvalue weighted by molar-refractivity contribution is 5.94. The highest BCUT2D eigenvalue weighted by Gasteiger charge is 2.43. The van der Waals surface area contributed by atoms with Crippen molar-refractivity contribution in [3.8, 4) is 0 Å². The maximum absolute atomic E-state index is 11.7. The van der Waals surface area contributed by atoms with E-state index in [2.05, 4.69) is 20.8 Å². The van der Waals surface area contributed by atoms with Crippen molar-refractivity contribution in [2.24, 2.45) is 5.41 Å². The van der Waals surface area contributed by atoms with Crippen LogP contribution in [0.5, 0.6) is 0 Å². The van der Waals surface area contributed by atoms with Crippen LogP contribution in [0.4, 0.5) is 4.79 Å². The van der Waals surface area contributed by atoms with Gasteiger partial charge in [0.1, 0.15) is 0 Å². The highest BCUT2D eigenvalue weighted by atomic mass is 16.4. The number of likely N-dealkylation sites (tertiary alicyclic amines) is 1. The predicted octanol–water partition coefficient (Wildman–Crippen LogP) is 4.12. The van der Waals surface area contributed by atoms with E-state index in [1.165, 1.54) is 6.92 Å². The molecule has 0 bridgehead atoms. The number of rotatable bonds is 2. The normalized spacial score (nSPS) is 22.4. The Hall–Kier alpha value is -1.84. The molecule has 0 aromatic heterocycles. The summed E-state index contributed by atoms with van der Waals surface area (Å²) in [5, 5.41) is 9.59. The number of nitrogens with zero attached hydrogens (tertiary/aromatic N) is 1. The summed E-state index contributed by atoms with van der Waals surface area (Å²) in [6, 6.07) is 7.22. The van der Waals surface area contributed by atoms with Crippen LogP contribution in [0.1, 0.15) is 62.5 Å². The van der Waals surface area contributed by atoms with Crippen LogP contribution in [-0.4, -0.2) is 27.9 Å². The fraction of sp³-hybridized carbons (Fsp3) is 0.529. The minimum atomic E-state index is -0.868. The number of hydrogen-bond donors (Lipinski definition) is 1. The minimum absolute atomic E-state index is 0.0208. The average molecular weight is 289 g/mol. The van der Waals surface area contributed by atoms with Crippen molar-refractivity contribution >= 4 is 11.9 Å². The number of carbonyl (C=O) groups excluding carboxylic acids is 1. The summed E-state index contributed by atoms with van der Waals surface area (Å²) in [4.78, 5) is 24.6. The first-order valence-electron chi connectivity index (χ1n) is 7.34. The maximum atomic E-state index is 11.7. The summed E-state index contributed by atoms with van der Waals surface area (Å²) in [6.45, 7) is 7.77. The average Bonchev–Trinajstić information content (AvgIpc) is 2.83. The maximum Gasteiger partial charge on any atom is 0.408 e. The number of carboxylic acid groups (broad SMARTS) is 1. The molecule has 1 N–H and O–H groups in total. The Morgan fingerprint density at radius 2 is 1.71 bits per heavy atom.